The van der Waals surface area contributed by atoms with Crippen LogP contribution in [-0.2, 0) is 16.1 Å². The van der Waals surface area contributed by atoms with E-state index in [1.807, 2.05) is 0 Å². The first-order valence-electron chi connectivity index (χ1n) is 5.04. The smallest absolute Gasteiger partial charge is 0.332 e. The second kappa shape index (κ2) is 4.73. The van der Waals surface area contributed by atoms with Crippen LogP contribution in [-0.4, -0.2) is 26.6 Å². The van der Waals surface area contributed by atoms with Gasteiger partial charge in [-0.25, -0.2) is 9.78 Å². The maximum atomic E-state index is 10.6. The van der Waals surface area contributed by atoms with E-state index < -0.39 is 12.1 Å². The molecule has 0 amide bonds. The van der Waals surface area contributed by atoms with E-state index in [-0.39, 0.29) is 6.61 Å². The molecular formula is C11H11ClN2O3. The topological polar surface area (TPSA) is 63.8 Å². The van der Waals surface area contributed by atoms with Crippen molar-refractivity contribution in [1.29, 1.82) is 0 Å². The van der Waals surface area contributed by atoms with Gasteiger partial charge >= 0.3 is 5.97 Å². The van der Waals surface area contributed by atoms with Gasteiger partial charge in [0, 0.05) is 12.4 Å². The van der Waals surface area contributed by atoms with E-state index >= 15 is 0 Å². The second-order valence-electron chi connectivity index (χ2n) is 3.64. The minimum absolute atomic E-state index is 0.159. The highest BCUT2D eigenvalue weighted by Crippen LogP contribution is 2.12. The van der Waals surface area contributed by atoms with Crippen LogP contribution in [0, 0.1) is 0 Å². The Labute approximate surface area is 103 Å². The summed E-state index contributed by atoms with van der Waals surface area (Å²) in [5.74, 6) is -0.989. The molecule has 0 fully saturated rings. The van der Waals surface area contributed by atoms with E-state index in [1.54, 1.807) is 28.9 Å². The number of pyridine rings is 1. The standard InChI is InChI=1S/C11H11ClN2O3/c1-7(11(15)16)17-6-9-5-14-4-8(12)2-3-10(14)13-9/h2-5,7H,6H2,1H3,(H,15,16)/t7-/m1/s1. The van der Waals surface area contributed by atoms with Crippen LogP contribution in [0.1, 0.15) is 12.6 Å². The Kier molecular flexibility index (Phi) is 3.31. The lowest BCUT2D eigenvalue weighted by atomic mass is 10.4. The maximum Gasteiger partial charge on any atom is 0.332 e. The summed E-state index contributed by atoms with van der Waals surface area (Å²) >= 11 is 5.84. The summed E-state index contributed by atoms with van der Waals surface area (Å²) in [5, 5.41) is 9.28. The van der Waals surface area contributed by atoms with Crippen molar-refractivity contribution in [3.8, 4) is 0 Å². The Morgan fingerprint density at radius 1 is 1.59 bits per heavy atom. The lowest BCUT2D eigenvalue weighted by Gasteiger charge is -2.05. The Bertz CT molecular complexity index is 553. The molecule has 2 heterocycles. The summed E-state index contributed by atoms with van der Waals surface area (Å²) in [7, 11) is 0. The number of halogens is 1. The molecule has 6 heteroatoms. The van der Waals surface area contributed by atoms with Gasteiger partial charge in [0.05, 0.1) is 17.3 Å². The monoisotopic (exact) mass is 254 g/mol. The molecule has 0 aliphatic heterocycles. The Hall–Kier alpha value is -1.59. The molecule has 90 valence electrons. The highest BCUT2D eigenvalue weighted by atomic mass is 35.5. The quantitative estimate of drug-likeness (QED) is 0.906. The zero-order valence-corrected chi connectivity index (χ0v) is 9.89. The van der Waals surface area contributed by atoms with E-state index in [2.05, 4.69) is 4.98 Å². The van der Waals surface area contributed by atoms with Crippen molar-refractivity contribution in [1.82, 2.24) is 9.38 Å². The van der Waals surface area contributed by atoms with Crippen molar-refractivity contribution in [2.45, 2.75) is 19.6 Å². The number of ether oxygens (including phenoxy) is 1. The van der Waals surface area contributed by atoms with Crippen molar-refractivity contribution >= 4 is 23.2 Å². The summed E-state index contributed by atoms with van der Waals surface area (Å²) in [4.78, 5) is 14.8. The van der Waals surface area contributed by atoms with Crippen LogP contribution in [0.5, 0.6) is 0 Å². The van der Waals surface area contributed by atoms with Crippen LogP contribution in [0.25, 0.3) is 5.65 Å². The van der Waals surface area contributed by atoms with E-state index in [0.717, 1.165) is 5.65 Å². The number of hydrogen-bond acceptors (Lipinski definition) is 3. The van der Waals surface area contributed by atoms with Crippen LogP contribution in [0.15, 0.2) is 24.5 Å². The SMILES string of the molecule is C[C@@H](OCc1cn2cc(Cl)ccc2n1)C(=O)O. The lowest BCUT2D eigenvalue weighted by molar-refractivity contribution is -0.149. The minimum Gasteiger partial charge on any atom is -0.479 e. The molecule has 0 saturated carbocycles. The molecule has 1 atom stereocenters. The molecule has 0 saturated heterocycles. The van der Waals surface area contributed by atoms with Crippen molar-refractivity contribution in [3.63, 3.8) is 0 Å². The van der Waals surface area contributed by atoms with Gasteiger partial charge in [0.15, 0.2) is 6.10 Å². The van der Waals surface area contributed by atoms with Gasteiger partial charge < -0.3 is 14.2 Å². The summed E-state index contributed by atoms with van der Waals surface area (Å²) in [5.41, 5.74) is 1.41. The first-order chi connectivity index (χ1) is 8.06. The molecule has 0 radical (unpaired) electrons. The molecule has 5 nitrogen and oxygen atoms in total. The molecule has 17 heavy (non-hydrogen) atoms. The van der Waals surface area contributed by atoms with Crippen LogP contribution in [0.4, 0.5) is 0 Å². The molecule has 2 rings (SSSR count). The molecule has 0 aliphatic rings. The summed E-state index contributed by atoms with van der Waals surface area (Å²) in [6.45, 7) is 1.64. The molecular weight excluding hydrogens is 244 g/mol. The number of nitrogens with zero attached hydrogens (tertiary/aromatic N) is 2. The predicted octanol–water partition coefficient (Wildman–Crippen LogP) is 1.98. The number of fused-ring (bicyclic) bond motifs is 1. The number of aliphatic carboxylic acids is 1. The van der Waals surface area contributed by atoms with Crippen LogP contribution >= 0.6 is 11.6 Å². The fraction of sp³-hybridized carbons (Fsp3) is 0.273. The number of carboxylic acids is 1. The molecule has 2 aromatic rings. The van der Waals surface area contributed by atoms with Gasteiger partial charge in [0.1, 0.15) is 5.65 Å². The maximum absolute atomic E-state index is 10.6. The van der Waals surface area contributed by atoms with Gasteiger partial charge in [-0.3, -0.25) is 0 Å². The highest BCUT2D eigenvalue weighted by Gasteiger charge is 2.12. The number of hydrogen-bond donors (Lipinski definition) is 1. The van der Waals surface area contributed by atoms with Crippen molar-refractivity contribution in [2.75, 3.05) is 0 Å². The number of aromatic nitrogens is 2. The van der Waals surface area contributed by atoms with Gasteiger partial charge in [0.25, 0.3) is 0 Å². The van der Waals surface area contributed by atoms with E-state index in [1.165, 1.54) is 6.92 Å². The molecule has 0 bridgehead atoms. The third-order valence-electron chi connectivity index (χ3n) is 2.29. The summed E-state index contributed by atoms with van der Waals surface area (Å²) in [6.07, 6.45) is 2.65. The number of carboxylic acid groups (broad SMARTS) is 1. The Balaban J connectivity index is 2.12. The average molecular weight is 255 g/mol. The van der Waals surface area contributed by atoms with E-state index in [4.69, 9.17) is 21.4 Å². The third kappa shape index (κ3) is 2.75. The normalized spacial score (nSPS) is 12.8. The number of imidazole rings is 1. The largest absolute Gasteiger partial charge is 0.479 e. The van der Waals surface area contributed by atoms with Crippen LogP contribution < -0.4 is 0 Å². The van der Waals surface area contributed by atoms with Gasteiger partial charge in [0.2, 0.25) is 0 Å². The van der Waals surface area contributed by atoms with Crippen molar-refractivity contribution in [2.24, 2.45) is 0 Å². The average Bonchev–Trinajstić information content (AvgIpc) is 2.67. The minimum atomic E-state index is -0.989. The van der Waals surface area contributed by atoms with Gasteiger partial charge in [-0.1, -0.05) is 11.6 Å². The molecule has 0 aromatic carbocycles. The third-order valence-corrected chi connectivity index (χ3v) is 2.52. The van der Waals surface area contributed by atoms with Crippen molar-refractivity contribution < 1.29 is 14.6 Å². The first kappa shape index (κ1) is 11.9. The van der Waals surface area contributed by atoms with Gasteiger partial charge in [-0.15, -0.1) is 0 Å². The van der Waals surface area contributed by atoms with Crippen molar-refractivity contribution in [3.05, 3.63) is 35.2 Å². The summed E-state index contributed by atoms with van der Waals surface area (Å²) in [6, 6.07) is 3.53. The number of rotatable bonds is 4. The van der Waals surface area contributed by atoms with Crippen LogP contribution in [0.2, 0.25) is 5.02 Å². The lowest BCUT2D eigenvalue weighted by Crippen LogP contribution is -2.19. The fourth-order valence-corrected chi connectivity index (χ4v) is 1.54. The van der Waals surface area contributed by atoms with Crippen LogP contribution in [0.3, 0.4) is 0 Å². The predicted molar refractivity (Wildman–Crippen MR) is 62.1 cm³/mol. The molecule has 0 aliphatic carbocycles. The highest BCUT2D eigenvalue weighted by molar-refractivity contribution is 6.30. The first-order valence-corrected chi connectivity index (χ1v) is 5.41. The van der Waals surface area contributed by atoms with Gasteiger partial charge in [-0.05, 0) is 19.1 Å². The summed E-state index contributed by atoms with van der Waals surface area (Å²) < 4.78 is 6.91. The van der Waals surface area contributed by atoms with Gasteiger partial charge in [-0.2, -0.15) is 0 Å². The number of carbonyl (C=O) groups is 1. The molecule has 1 N–H and O–H groups in total. The molecule has 0 spiro atoms. The Morgan fingerprint density at radius 3 is 3.06 bits per heavy atom. The zero-order chi connectivity index (χ0) is 12.4. The second-order valence-corrected chi connectivity index (χ2v) is 4.07. The molecule has 0 unspecified atom stereocenters. The Morgan fingerprint density at radius 2 is 2.35 bits per heavy atom. The molecule has 2 aromatic heterocycles. The fourth-order valence-electron chi connectivity index (χ4n) is 1.37. The van der Waals surface area contributed by atoms with E-state index in [9.17, 15) is 4.79 Å². The zero-order valence-electron chi connectivity index (χ0n) is 9.13. The van der Waals surface area contributed by atoms with E-state index in [0.29, 0.717) is 10.7 Å².